The average molecular weight is 232 g/mol. The molecule has 0 radical (unpaired) electrons. The number of rotatable bonds is 2. The Morgan fingerprint density at radius 2 is 2.12 bits per heavy atom. The summed E-state index contributed by atoms with van der Waals surface area (Å²) in [4.78, 5) is 17.4. The molecule has 0 amide bonds. The number of morpholine rings is 1. The molecular weight excluding hydrogens is 216 g/mol. The first kappa shape index (κ1) is 10.7. The largest absolute Gasteiger partial charge is 0.371 e. The summed E-state index contributed by atoms with van der Waals surface area (Å²) in [6.07, 6.45) is 5.53. The lowest BCUT2D eigenvalue weighted by Crippen LogP contribution is -2.43. The Bertz CT molecular complexity index is 435. The molecule has 0 aliphatic carbocycles. The van der Waals surface area contributed by atoms with Crippen LogP contribution in [0.25, 0.3) is 0 Å². The summed E-state index contributed by atoms with van der Waals surface area (Å²) in [5.74, 6) is 0.996. The summed E-state index contributed by atoms with van der Waals surface area (Å²) in [5, 5.41) is 0. The smallest absolute Gasteiger partial charge is 0.151 e. The molecule has 2 fully saturated rings. The molecule has 17 heavy (non-hydrogen) atoms. The van der Waals surface area contributed by atoms with Gasteiger partial charge in [-0.3, -0.25) is 4.79 Å². The van der Waals surface area contributed by atoms with E-state index in [-0.39, 0.29) is 0 Å². The highest BCUT2D eigenvalue weighted by Crippen LogP contribution is 2.30. The van der Waals surface area contributed by atoms with Gasteiger partial charge in [-0.15, -0.1) is 0 Å². The zero-order valence-electron chi connectivity index (χ0n) is 9.93. The molecule has 0 saturated carbocycles. The van der Waals surface area contributed by atoms with Crippen LogP contribution in [0, 0.1) is 6.92 Å². The molecule has 0 N–H and O–H groups in total. The second kappa shape index (κ2) is 4.11. The number of hydrogen-bond donors (Lipinski definition) is 0. The molecule has 1 aromatic heterocycles. The molecule has 2 aliphatic rings. The monoisotopic (exact) mass is 232 g/mol. The lowest BCUT2D eigenvalue weighted by atomic mass is 10.2. The van der Waals surface area contributed by atoms with E-state index in [2.05, 4.69) is 9.88 Å². The van der Waals surface area contributed by atoms with E-state index in [1.54, 1.807) is 6.20 Å². The molecular formula is C13H16N2O2. The average Bonchev–Trinajstić information content (AvgIpc) is 2.68. The standard InChI is InChI=1S/C13H16N2O2/c1-9-4-10(8-16)5-14-13(9)15-6-11-2-3-12(7-15)17-11/h4-5,8,11-12H,2-3,6-7H2,1H3. The minimum atomic E-state index is 0.362. The second-order valence-corrected chi connectivity index (χ2v) is 4.89. The number of anilines is 1. The maximum Gasteiger partial charge on any atom is 0.151 e. The number of hydrogen-bond acceptors (Lipinski definition) is 4. The maximum absolute atomic E-state index is 10.7. The van der Waals surface area contributed by atoms with Crippen LogP contribution >= 0.6 is 0 Å². The number of aldehydes is 1. The van der Waals surface area contributed by atoms with Crippen molar-refractivity contribution in [2.75, 3.05) is 18.0 Å². The molecule has 3 heterocycles. The van der Waals surface area contributed by atoms with Crippen molar-refractivity contribution in [3.63, 3.8) is 0 Å². The number of pyridine rings is 1. The van der Waals surface area contributed by atoms with Crippen molar-refractivity contribution in [1.29, 1.82) is 0 Å². The van der Waals surface area contributed by atoms with Gasteiger partial charge >= 0.3 is 0 Å². The third kappa shape index (κ3) is 1.93. The number of aromatic nitrogens is 1. The Morgan fingerprint density at radius 3 is 2.71 bits per heavy atom. The van der Waals surface area contributed by atoms with E-state index in [1.807, 2.05) is 13.0 Å². The quantitative estimate of drug-likeness (QED) is 0.726. The van der Waals surface area contributed by atoms with Crippen LogP contribution in [0.15, 0.2) is 12.3 Å². The molecule has 3 rings (SSSR count). The van der Waals surface area contributed by atoms with Gasteiger partial charge in [0.1, 0.15) is 5.82 Å². The van der Waals surface area contributed by atoms with Gasteiger partial charge in [0.15, 0.2) is 6.29 Å². The third-order valence-corrected chi connectivity index (χ3v) is 3.55. The van der Waals surface area contributed by atoms with Crippen molar-refractivity contribution >= 4 is 12.1 Å². The predicted molar refractivity (Wildman–Crippen MR) is 64.5 cm³/mol. The topological polar surface area (TPSA) is 42.4 Å². The van der Waals surface area contributed by atoms with Crippen LogP contribution < -0.4 is 4.90 Å². The highest BCUT2D eigenvalue weighted by Gasteiger charge is 2.34. The van der Waals surface area contributed by atoms with Crippen LogP contribution in [-0.2, 0) is 4.74 Å². The molecule has 0 spiro atoms. The third-order valence-electron chi connectivity index (χ3n) is 3.55. The molecule has 4 heteroatoms. The van der Waals surface area contributed by atoms with E-state index >= 15 is 0 Å². The number of nitrogens with zero attached hydrogens (tertiary/aromatic N) is 2. The van der Waals surface area contributed by atoms with Crippen LogP contribution in [0.5, 0.6) is 0 Å². The zero-order chi connectivity index (χ0) is 11.8. The van der Waals surface area contributed by atoms with E-state index in [4.69, 9.17) is 4.74 Å². The molecule has 90 valence electrons. The van der Waals surface area contributed by atoms with Gasteiger partial charge in [0.25, 0.3) is 0 Å². The second-order valence-electron chi connectivity index (χ2n) is 4.89. The van der Waals surface area contributed by atoms with E-state index in [9.17, 15) is 4.79 Å². The van der Waals surface area contributed by atoms with Crippen molar-refractivity contribution in [3.8, 4) is 0 Å². The summed E-state index contributed by atoms with van der Waals surface area (Å²) in [5.41, 5.74) is 1.71. The Labute approximate surface area is 101 Å². The first-order valence-corrected chi connectivity index (χ1v) is 6.08. The van der Waals surface area contributed by atoms with Gasteiger partial charge in [-0.05, 0) is 31.4 Å². The van der Waals surface area contributed by atoms with Crippen molar-refractivity contribution in [3.05, 3.63) is 23.4 Å². The van der Waals surface area contributed by atoms with E-state index in [0.717, 1.165) is 43.6 Å². The van der Waals surface area contributed by atoms with Gasteiger partial charge in [-0.2, -0.15) is 0 Å². The molecule has 2 aliphatic heterocycles. The summed E-state index contributed by atoms with van der Waals surface area (Å²) in [6.45, 7) is 3.85. The predicted octanol–water partition coefficient (Wildman–Crippen LogP) is 1.57. The molecule has 2 unspecified atom stereocenters. The molecule has 0 aromatic carbocycles. The number of fused-ring (bicyclic) bond motifs is 2. The van der Waals surface area contributed by atoms with Gasteiger partial charge in [0.2, 0.25) is 0 Å². The molecule has 4 nitrogen and oxygen atoms in total. The Kier molecular flexibility index (Phi) is 2.59. The van der Waals surface area contributed by atoms with E-state index in [0.29, 0.717) is 17.8 Å². The summed E-state index contributed by atoms with van der Waals surface area (Å²) < 4.78 is 5.81. The fourth-order valence-corrected chi connectivity index (χ4v) is 2.77. The first-order chi connectivity index (χ1) is 8.26. The zero-order valence-corrected chi connectivity index (χ0v) is 9.93. The highest BCUT2D eigenvalue weighted by atomic mass is 16.5. The van der Waals surface area contributed by atoms with Crippen LogP contribution in [0.4, 0.5) is 5.82 Å². The van der Waals surface area contributed by atoms with Crippen molar-refractivity contribution in [2.45, 2.75) is 32.0 Å². The Morgan fingerprint density at radius 1 is 1.41 bits per heavy atom. The van der Waals surface area contributed by atoms with Gasteiger partial charge in [-0.1, -0.05) is 0 Å². The molecule has 2 atom stereocenters. The maximum atomic E-state index is 10.7. The van der Waals surface area contributed by atoms with Crippen LogP contribution in [0.3, 0.4) is 0 Å². The Hall–Kier alpha value is -1.42. The van der Waals surface area contributed by atoms with Crippen LogP contribution in [0.2, 0.25) is 0 Å². The van der Waals surface area contributed by atoms with Crippen LogP contribution in [-0.4, -0.2) is 36.6 Å². The highest BCUT2D eigenvalue weighted by molar-refractivity contribution is 5.75. The number of aryl methyl sites for hydroxylation is 1. The fourth-order valence-electron chi connectivity index (χ4n) is 2.77. The molecule has 1 aromatic rings. The van der Waals surface area contributed by atoms with E-state index in [1.165, 1.54) is 0 Å². The lowest BCUT2D eigenvalue weighted by molar-refractivity contribution is 0.0302. The van der Waals surface area contributed by atoms with Crippen LogP contribution in [0.1, 0.15) is 28.8 Å². The first-order valence-electron chi connectivity index (χ1n) is 6.08. The van der Waals surface area contributed by atoms with Gasteiger partial charge in [-0.25, -0.2) is 4.98 Å². The number of carbonyl (C=O) groups is 1. The van der Waals surface area contributed by atoms with Gasteiger partial charge < -0.3 is 9.64 Å². The summed E-state index contributed by atoms with van der Waals surface area (Å²) in [6, 6.07) is 1.90. The fraction of sp³-hybridized carbons (Fsp3) is 0.538. The van der Waals surface area contributed by atoms with E-state index < -0.39 is 0 Å². The number of carbonyl (C=O) groups excluding carboxylic acids is 1. The van der Waals surface area contributed by atoms with Crippen molar-refractivity contribution in [1.82, 2.24) is 4.98 Å². The SMILES string of the molecule is Cc1cc(C=O)cnc1N1CC2CCC(C1)O2. The normalized spacial score (nSPS) is 27.2. The lowest BCUT2D eigenvalue weighted by Gasteiger charge is -2.33. The molecule has 2 bridgehead atoms. The van der Waals surface area contributed by atoms with Crippen molar-refractivity contribution in [2.24, 2.45) is 0 Å². The summed E-state index contributed by atoms with van der Waals surface area (Å²) >= 11 is 0. The molecule has 2 saturated heterocycles. The number of ether oxygens (including phenoxy) is 1. The minimum absolute atomic E-state index is 0.362. The van der Waals surface area contributed by atoms with Crippen molar-refractivity contribution < 1.29 is 9.53 Å². The van der Waals surface area contributed by atoms with Gasteiger partial charge in [0.05, 0.1) is 12.2 Å². The minimum Gasteiger partial charge on any atom is -0.371 e. The van der Waals surface area contributed by atoms with Gasteiger partial charge in [0, 0.05) is 24.8 Å². The Balaban J connectivity index is 1.86. The summed E-state index contributed by atoms with van der Waals surface area (Å²) in [7, 11) is 0.